The summed E-state index contributed by atoms with van der Waals surface area (Å²) in [6, 6.07) is 17.0. The Balaban J connectivity index is 1.15. The largest absolute Gasteiger partial charge is 0.337 e. The number of aromatic nitrogens is 5. The van der Waals surface area contributed by atoms with Crippen LogP contribution in [0.25, 0.3) is 11.3 Å². The first-order valence-electron chi connectivity index (χ1n) is 12.7. The van der Waals surface area contributed by atoms with Gasteiger partial charge in [-0.1, -0.05) is 42.5 Å². The van der Waals surface area contributed by atoms with Crippen LogP contribution in [-0.4, -0.2) is 61.1 Å². The Labute approximate surface area is 220 Å². The van der Waals surface area contributed by atoms with Crippen LogP contribution in [0, 0.1) is 0 Å². The van der Waals surface area contributed by atoms with Crippen LogP contribution in [0.1, 0.15) is 34.0 Å². The molecular formula is C28H28N8O2. The van der Waals surface area contributed by atoms with Gasteiger partial charge in [-0.3, -0.25) is 14.5 Å². The first-order chi connectivity index (χ1) is 18.5. The summed E-state index contributed by atoms with van der Waals surface area (Å²) in [6.07, 6.45) is 4.34. The average molecular weight is 509 g/mol. The SMILES string of the molecule is CN1C(=O)[C@@H](NC(=O)c2nccc(-c3ccccc3)n2)CCc2ccc(CN3CCn4ncnc4C3)cc21. The van der Waals surface area contributed by atoms with Gasteiger partial charge in [0.2, 0.25) is 11.7 Å². The number of amides is 2. The van der Waals surface area contributed by atoms with Gasteiger partial charge in [0.25, 0.3) is 5.91 Å². The van der Waals surface area contributed by atoms with Crippen molar-refractivity contribution in [3.05, 3.63) is 89.9 Å². The fourth-order valence-corrected chi connectivity index (χ4v) is 5.11. The minimum atomic E-state index is -0.666. The Morgan fingerprint density at radius 3 is 2.82 bits per heavy atom. The number of carbonyl (C=O) groups is 2. The Hall–Kier alpha value is -4.44. The van der Waals surface area contributed by atoms with Gasteiger partial charge in [-0.25, -0.2) is 19.6 Å². The molecule has 192 valence electrons. The predicted octanol–water partition coefficient (Wildman–Crippen LogP) is 2.46. The molecule has 2 aliphatic heterocycles. The van der Waals surface area contributed by atoms with Crippen LogP contribution in [0.5, 0.6) is 0 Å². The van der Waals surface area contributed by atoms with E-state index in [1.165, 1.54) is 0 Å². The highest BCUT2D eigenvalue weighted by Crippen LogP contribution is 2.28. The zero-order chi connectivity index (χ0) is 26.1. The molecule has 0 saturated carbocycles. The van der Waals surface area contributed by atoms with Crippen LogP contribution in [0.2, 0.25) is 0 Å². The molecule has 10 nitrogen and oxygen atoms in total. The third kappa shape index (κ3) is 4.78. The van der Waals surface area contributed by atoms with Crippen molar-refractivity contribution in [1.29, 1.82) is 0 Å². The Morgan fingerprint density at radius 1 is 1.08 bits per heavy atom. The molecule has 0 aliphatic carbocycles. The molecule has 0 radical (unpaired) electrons. The minimum Gasteiger partial charge on any atom is -0.337 e. The number of hydrogen-bond donors (Lipinski definition) is 1. The Bertz CT molecular complexity index is 1490. The molecule has 1 N–H and O–H groups in total. The van der Waals surface area contributed by atoms with Crippen LogP contribution in [0.3, 0.4) is 0 Å². The van der Waals surface area contributed by atoms with E-state index in [2.05, 4.69) is 48.5 Å². The fourth-order valence-electron chi connectivity index (χ4n) is 5.11. The van der Waals surface area contributed by atoms with Crippen molar-refractivity contribution in [2.24, 2.45) is 0 Å². The molecule has 1 atom stereocenters. The molecular weight excluding hydrogens is 480 g/mol. The quantitative estimate of drug-likeness (QED) is 0.441. The number of nitrogens with one attached hydrogen (secondary N) is 1. The standard InChI is InChI=1S/C28H28N8O2/c1-34-24-15-19(16-35-13-14-36-25(17-35)30-18-31-36)7-8-21(24)9-10-23(28(34)38)33-27(37)26-29-12-11-22(32-26)20-5-3-2-4-6-20/h2-8,11-12,15,18,23H,9-10,13-14,16-17H2,1H3,(H,33,37)/t23-/m0/s1. The summed E-state index contributed by atoms with van der Waals surface area (Å²) in [5.74, 6) is 0.400. The number of aryl methyl sites for hydroxylation is 1. The number of benzene rings is 2. The zero-order valence-electron chi connectivity index (χ0n) is 21.1. The van der Waals surface area contributed by atoms with Crippen LogP contribution < -0.4 is 10.2 Å². The normalized spacial score (nSPS) is 17.4. The first-order valence-corrected chi connectivity index (χ1v) is 12.7. The van der Waals surface area contributed by atoms with Crippen molar-refractivity contribution in [3.8, 4) is 11.3 Å². The van der Waals surface area contributed by atoms with E-state index in [4.69, 9.17) is 0 Å². The molecule has 0 saturated heterocycles. The van der Waals surface area contributed by atoms with E-state index in [1.807, 2.05) is 35.0 Å². The molecule has 0 unspecified atom stereocenters. The second-order valence-electron chi connectivity index (χ2n) is 9.67. The molecule has 38 heavy (non-hydrogen) atoms. The lowest BCUT2D eigenvalue weighted by Gasteiger charge is -2.27. The van der Waals surface area contributed by atoms with E-state index in [-0.39, 0.29) is 11.7 Å². The highest BCUT2D eigenvalue weighted by atomic mass is 16.2. The summed E-state index contributed by atoms with van der Waals surface area (Å²) < 4.78 is 1.94. The van der Waals surface area contributed by atoms with Crippen molar-refractivity contribution in [3.63, 3.8) is 0 Å². The van der Waals surface area contributed by atoms with Crippen molar-refractivity contribution in [2.45, 2.75) is 38.5 Å². The molecule has 0 spiro atoms. The average Bonchev–Trinajstić information content (AvgIpc) is 3.39. The van der Waals surface area contributed by atoms with Gasteiger partial charge in [-0.15, -0.1) is 0 Å². The summed E-state index contributed by atoms with van der Waals surface area (Å²) in [4.78, 5) is 43.4. The lowest BCUT2D eigenvalue weighted by atomic mass is 10.0. The van der Waals surface area contributed by atoms with Gasteiger partial charge < -0.3 is 10.2 Å². The van der Waals surface area contributed by atoms with Crippen LogP contribution in [-0.2, 0) is 30.8 Å². The summed E-state index contributed by atoms with van der Waals surface area (Å²) >= 11 is 0. The maximum atomic E-state index is 13.4. The molecule has 0 fully saturated rings. The van der Waals surface area contributed by atoms with Crippen molar-refractivity contribution < 1.29 is 9.59 Å². The topological polar surface area (TPSA) is 109 Å². The lowest BCUT2D eigenvalue weighted by Crippen LogP contribution is -2.47. The molecule has 2 amide bonds. The maximum Gasteiger partial charge on any atom is 0.289 e. The van der Waals surface area contributed by atoms with Crippen molar-refractivity contribution in [2.75, 3.05) is 18.5 Å². The molecule has 2 aliphatic rings. The number of anilines is 1. The highest BCUT2D eigenvalue weighted by Gasteiger charge is 2.30. The number of nitrogens with zero attached hydrogens (tertiary/aromatic N) is 7. The lowest BCUT2D eigenvalue weighted by molar-refractivity contribution is -0.120. The smallest absolute Gasteiger partial charge is 0.289 e. The number of likely N-dealkylation sites (N-methyl/N-ethyl adjacent to an activating group) is 1. The molecule has 4 aromatic rings. The van der Waals surface area contributed by atoms with E-state index in [9.17, 15) is 9.59 Å². The monoisotopic (exact) mass is 508 g/mol. The molecule has 10 heteroatoms. The third-order valence-electron chi connectivity index (χ3n) is 7.17. The van der Waals surface area contributed by atoms with Gasteiger partial charge in [0.15, 0.2) is 0 Å². The van der Waals surface area contributed by atoms with Crippen LogP contribution >= 0.6 is 0 Å². The molecule has 2 aromatic heterocycles. The van der Waals surface area contributed by atoms with Crippen LogP contribution in [0.15, 0.2) is 67.1 Å². The van der Waals surface area contributed by atoms with Crippen LogP contribution in [0.4, 0.5) is 5.69 Å². The summed E-state index contributed by atoms with van der Waals surface area (Å²) in [5.41, 5.74) is 4.65. The van der Waals surface area contributed by atoms with Gasteiger partial charge >= 0.3 is 0 Å². The Kier molecular flexibility index (Phi) is 6.38. The maximum absolute atomic E-state index is 13.4. The number of carbonyl (C=O) groups excluding carboxylic acids is 2. The molecule has 6 rings (SSSR count). The third-order valence-corrected chi connectivity index (χ3v) is 7.17. The number of fused-ring (bicyclic) bond motifs is 2. The predicted molar refractivity (Wildman–Crippen MR) is 141 cm³/mol. The number of rotatable bonds is 5. The molecule has 4 heterocycles. The summed E-state index contributed by atoms with van der Waals surface area (Å²) in [7, 11) is 1.77. The van der Waals surface area contributed by atoms with E-state index in [0.29, 0.717) is 18.5 Å². The fraction of sp³-hybridized carbons (Fsp3) is 0.286. The summed E-state index contributed by atoms with van der Waals surface area (Å²) in [5, 5.41) is 7.12. The van der Waals surface area contributed by atoms with Gasteiger partial charge in [-0.05, 0) is 36.1 Å². The first kappa shape index (κ1) is 23.9. The zero-order valence-corrected chi connectivity index (χ0v) is 21.1. The van der Waals surface area contributed by atoms with Crippen molar-refractivity contribution >= 4 is 17.5 Å². The highest BCUT2D eigenvalue weighted by molar-refractivity contribution is 6.02. The number of hydrogen-bond acceptors (Lipinski definition) is 7. The van der Waals surface area contributed by atoms with Gasteiger partial charge in [0.1, 0.15) is 18.2 Å². The molecule has 0 bridgehead atoms. The minimum absolute atomic E-state index is 0.0446. The van der Waals surface area contributed by atoms with Crippen molar-refractivity contribution in [1.82, 2.24) is 34.9 Å². The van der Waals surface area contributed by atoms with E-state index < -0.39 is 11.9 Å². The second kappa shape index (κ2) is 10.1. The van der Waals surface area contributed by atoms with Gasteiger partial charge in [-0.2, -0.15) is 5.10 Å². The second-order valence-corrected chi connectivity index (χ2v) is 9.67. The summed E-state index contributed by atoms with van der Waals surface area (Å²) in [6.45, 7) is 3.22. The van der Waals surface area contributed by atoms with E-state index in [1.54, 1.807) is 30.5 Å². The molecule has 2 aromatic carbocycles. The van der Waals surface area contributed by atoms with E-state index >= 15 is 0 Å². The van der Waals surface area contributed by atoms with Gasteiger partial charge in [0.05, 0.1) is 18.8 Å². The Morgan fingerprint density at radius 2 is 1.95 bits per heavy atom. The van der Waals surface area contributed by atoms with E-state index in [0.717, 1.165) is 54.4 Å². The van der Waals surface area contributed by atoms with Gasteiger partial charge in [0, 0.05) is 37.6 Å².